The number of hydrogen-bond acceptors (Lipinski definition) is 2. The highest BCUT2D eigenvalue weighted by Crippen LogP contribution is 2.39. The van der Waals surface area contributed by atoms with Crippen molar-refractivity contribution in [3.05, 3.63) is 29.3 Å². The molecule has 0 saturated heterocycles. The molecule has 1 aromatic carbocycles. The van der Waals surface area contributed by atoms with Crippen LogP contribution in [0.4, 0.5) is 0 Å². The quantitative estimate of drug-likeness (QED) is 0.884. The maximum Gasteiger partial charge on any atom is 0.122 e. The summed E-state index contributed by atoms with van der Waals surface area (Å²) in [5.41, 5.74) is 8.38. The zero-order valence-electron chi connectivity index (χ0n) is 11.6. The molecule has 0 aliphatic heterocycles. The van der Waals surface area contributed by atoms with E-state index in [1.165, 1.54) is 36.8 Å². The van der Waals surface area contributed by atoms with Crippen molar-refractivity contribution < 1.29 is 4.74 Å². The molecular formula is C16H25NO. The van der Waals surface area contributed by atoms with Crippen molar-refractivity contribution in [3.8, 4) is 5.75 Å². The summed E-state index contributed by atoms with van der Waals surface area (Å²) in [6.07, 6.45) is 6.23. The van der Waals surface area contributed by atoms with Crippen molar-refractivity contribution in [2.45, 2.75) is 44.9 Å². The van der Waals surface area contributed by atoms with Gasteiger partial charge in [-0.1, -0.05) is 31.9 Å². The van der Waals surface area contributed by atoms with E-state index in [1.54, 1.807) is 7.11 Å². The molecule has 0 amide bonds. The number of methoxy groups -OCH3 is 1. The van der Waals surface area contributed by atoms with E-state index < -0.39 is 0 Å². The predicted molar refractivity (Wildman–Crippen MR) is 76.1 cm³/mol. The third kappa shape index (κ3) is 3.05. The van der Waals surface area contributed by atoms with E-state index in [0.717, 1.165) is 18.1 Å². The molecule has 1 aromatic rings. The Morgan fingerprint density at radius 3 is 2.56 bits per heavy atom. The van der Waals surface area contributed by atoms with E-state index >= 15 is 0 Å². The highest BCUT2D eigenvalue weighted by atomic mass is 16.5. The minimum Gasteiger partial charge on any atom is -0.496 e. The zero-order valence-corrected chi connectivity index (χ0v) is 11.6. The van der Waals surface area contributed by atoms with Crippen molar-refractivity contribution in [3.63, 3.8) is 0 Å². The van der Waals surface area contributed by atoms with Crippen LogP contribution in [0, 0.1) is 5.92 Å². The van der Waals surface area contributed by atoms with Gasteiger partial charge in [0.2, 0.25) is 0 Å². The molecule has 0 bridgehead atoms. The summed E-state index contributed by atoms with van der Waals surface area (Å²) in [6, 6.07) is 6.56. The lowest BCUT2D eigenvalue weighted by Crippen LogP contribution is -2.12. The van der Waals surface area contributed by atoms with Crippen molar-refractivity contribution in [1.29, 1.82) is 0 Å². The molecule has 18 heavy (non-hydrogen) atoms. The Bertz CT molecular complexity index is 381. The average Bonchev–Trinajstić information content (AvgIpc) is 2.40. The number of hydrogen-bond donors (Lipinski definition) is 1. The van der Waals surface area contributed by atoms with E-state index in [4.69, 9.17) is 10.5 Å². The van der Waals surface area contributed by atoms with Crippen molar-refractivity contribution in [2.24, 2.45) is 11.7 Å². The summed E-state index contributed by atoms with van der Waals surface area (Å²) in [5.74, 6) is 2.61. The van der Waals surface area contributed by atoms with E-state index in [9.17, 15) is 0 Å². The molecular weight excluding hydrogens is 222 g/mol. The summed E-state index contributed by atoms with van der Waals surface area (Å²) in [5, 5.41) is 0. The highest BCUT2D eigenvalue weighted by molar-refractivity contribution is 5.40. The second-order valence-electron chi connectivity index (χ2n) is 5.57. The molecule has 0 spiro atoms. The Morgan fingerprint density at radius 1 is 1.22 bits per heavy atom. The van der Waals surface area contributed by atoms with Crippen molar-refractivity contribution >= 4 is 0 Å². The van der Waals surface area contributed by atoms with Gasteiger partial charge in [-0.15, -0.1) is 0 Å². The molecule has 0 radical (unpaired) electrons. The van der Waals surface area contributed by atoms with Crippen LogP contribution in [-0.4, -0.2) is 13.7 Å². The standard InChI is InChI=1S/C16H25NO/c1-12-3-6-14(7-4-12)15-11-13(9-10-17)5-8-16(15)18-2/h5,8,11-12,14H,3-4,6-7,9-10,17H2,1-2H3. The largest absolute Gasteiger partial charge is 0.496 e. The second kappa shape index (κ2) is 6.24. The maximum absolute atomic E-state index is 5.65. The van der Waals surface area contributed by atoms with Crippen LogP contribution >= 0.6 is 0 Å². The minimum absolute atomic E-state index is 0.675. The molecule has 1 saturated carbocycles. The number of ether oxygens (including phenoxy) is 1. The molecule has 1 fully saturated rings. The van der Waals surface area contributed by atoms with Gasteiger partial charge in [0, 0.05) is 0 Å². The first-order chi connectivity index (χ1) is 8.74. The van der Waals surface area contributed by atoms with Gasteiger partial charge in [0.25, 0.3) is 0 Å². The molecule has 2 heteroatoms. The SMILES string of the molecule is COc1ccc(CCN)cc1C1CCC(C)CC1. The zero-order chi connectivity index (χ0) is 13.0. The lowest BCUT2D eigenvalue weighted by molar-refractivity contribution is 0.336. The predicted octanol–water partition coefficient (Wildman–Crippen LogP) is 3.49. The molecule has 100 valence electrons. The Kier molecular flexibility index (Phi) is 4.65. The van der Waals surface area contributed by atoms with Crippen LogP contribution < -0.4 is 10.5 Å². The molecule has 0 unspecified atom stereocenters. The Hall–Kier alpha value is -1.02. The van der Waals surface area contributed by atoms with Crippen LogP contribution in [-0.2, 0) is 6.42 Å². The fourth-order valence-corrected chi connectivity index (χ4v) is 3.00. The summed E-state index contributed by atoms with van der Waals surface area (Å²) < 4.78 is 5.53. The summed E-state index contributed by atoms with van der Waals surface area (Å²) in [6.45, 7) is 3.08. The Morgan fingerprint density at radius 2 is 1.94 bits per heavy atom. The fraction of sp³-hybridized carbons (Fsp3) is 0.625. The van der Waals surface area contributed by atoms with Gasteiger partial charge in [0.1, 0.15) is 5.75 Å². The Balaban J connectivity index is 2.20. The molecule has 2 nitrogen and oxygen atoms in total. The normalized spacial score (nSPS) is 23.9. The molecule has 1 aliphatic carbocycles. The summed E-state index contributed by atoms with van der Waals surface area (Å²) in [4.78, 5) is 0. The first kappa shape index (κ1) is 13.4. The number of rotatable bonds is 4. The molecule has 0 atom stereocenters. The van der Waals surface area contributed by atoms with Crippen LogP contribution in [0.3, 0.4) is 0 Å². The van der Waals surface area contributed by atoms with Crippen LogP contribution in [0.2, 0.25) is 0 Å². The minimum atomic E-state index is 0.675. The first-order valence-corrected chi connectivity index (χ1v) is 7.11. The van der Waals surface area contributed by atoms with Gasteiger partial charge in [-0.25, -0.2) is 0 Å². The topological polar surface area (TPSA) is 35.2 Å². The van der Waals surface area contributed by atoms with Gasteiger partial charge in [0.05, 0.1) is 7.11 Å². The van der Waals surface area contributed by atoms with Gasteiger partial charge in [-0.05, 0) is 54.8 Å². The lowest BCUT2D eigenvalue weighted by atomic mass is 9.79. The van der Waals surface area contributed by atoms with E-state index in [2.05, 4.69) is 25.1 Å². The molecule has 1 aliphatic rings. The summed E-state index contributed by atoms with van der Waals surface area (Å²) in [7, 11) is 1.77. The van der Waals surface area contributed by atoms with E-state index in [0.29, 0.717) is 12.5 Å². The molecule has 2 rings (SSSR count). The smallest absolute Gasteiger partial charge is 0.122 e. The summed E-state index contributed by atoms with van der Waals surface area (Å²) >= 11 is 0. The van der Waals surface area contributed by atoms with E-state index in [1.807, 2.05) is 0 Å². The van der Waals surface area contributed by atoms with Gasteiger partial charge in [-0.3, -0.25) is 0 Å². The molecule has 2 N–H and O–H groups in total. The van der Waals surface area contributed by atoms with Crippen LogP contribution in [0.25, 0.3) is 0 Å². The van der Waals surface area contributed by atoms with Crippen LogP contribution in [0.15, 0.2) is 18.2 Å². The monoisotopic (exact) mass is 247 g/mol. The first-order valence-electron chi connectivity index (χ1n) is 7.11. The van der Waals surface area contributed by atoms with Crippen molar-refractivity contribution in [2.75, 3.05) is 13.7 Å². The van der Waals surface area contributed by atoms with Crippen LogP contribution in [0.5, 0.6) is 5.75 Å². The van der Waals surface area contributed by atoms with Gasteiger partial charge in [0.15, 0.2) is 0 Å². The maximum atomic E-state index is 5.65. The number of nitrogens with two attached hydrogens (primary N) is 1. The average molecular weight is 247 g/mol. The third-order valence-electron chi connectivity index (χ3n) is 4.18. The van der Waals surface area contributed by atoms with Crippen molar-refractivity contribution in [1.82, 2.24) is 0 Å². The van der Waals surface area contributed by atoms with Gasteiger partial charge < -0.3 is 10.5 Å². The van der Waals surface area contributed by atoms with Gasteiger partial charge >= 0.3 is 0 Å². The number of benzene rings is 1. The Labute approximate surface area is 111 Å². The lowest BCUT2D eigenvalue weighted by Gasteiger charge is -2.28. The third-order valence-corrected chi connectivity index (χ3v) is 4.18. The van der Waals surface area contributed by atoms with Crippen LogP contribution in [0.1, 0.15) is 49.7 Å². The molecule has 0 aromatic heterocycles. The highest BCUT2D eigenvalue weighted by Gasteiger charge is 2.22. The second-order valence-corrected chi connectivity index (χ2v) is 5.57. The van der Waals surface area contributed by atoms with E-state index in [-0.39, 0.29) is 0 Å². The molecule has 0 heterocycles. The van der Waals surface area contributed by atoms with Gasteiger partial charge in [-0.2, -0.15) is 0 Å². The fourth-order valence-electron chi connectivity index (χ4n) is 3.00.